The van der Waals surface area contributed by atoms with Crippen molar-refractivity contribution in [3.63, 3.8) is 0 Å². The Balaban J connectivity index is 1.61. The molecule has 0 spiro atoms. The molecule has 3 nitrogen and oxygen atoms in total. The number of thiazole rings is 1. The van der Waals surface area contributed by atoms with Gasteiger partial charge in [0.25, 0.3) is 0 Å². The number of nitrogens with one attached hydrogen (secondary N) is 1. The molecule has 0 aliphatic carbocycles. The molecule has 0 saturated heterocycles. The Hall–Kier alpha value is -2.24. The summed E-state index contributed by atoms with van der Waals surface area (Å²) in [7, 11) is 0. The molecular formula is C18H12BrN3S. The largest absolute Gasteiger partial charge is 0.361 e. The molecule has 2 heterocycles. The van der Waals surface area contributed by atoms with Crippen LogP contribution in [0.2, 0.25) is 0 Å². The number of aliphatic imine (C=N–C) groups is 1. The summed E-state index contributed by atoms with van der Waals surface area (Å²) in [6.45, 7) is 0. The highest BCUT2D eigenvalue weighted by molar-refractivity contribution is 9.10. The first kappa shape index (κ1) is 14.4. The van der Waals surface area contributed by atoms with Crippen molar-refractivity contribution in [1.29, 1.82) is 0 Å². The minimum Gasteiger partial charge on any atom is -0.361 e. The van der Waals surface area contributed by atoms with E-state index in [1.165, 1.54) is 5.39 Å². The van der Waals surface area contributed by atoms with Crippen LogP contribution in [0.4, 0.5) is 5.13 Å². The zero-order valence-electron chi connectivity index (χ0n) is 12.0. The molecule has 0 unspecified atom stereocenters. The second-order valence-corrected chi connectivity index (χ2v) is 6.82. The van der Waals surface area contributed by atoms with Crippen LogP contribution in [-0.2, 0) is 0 Å². The molecule has 112 valence electrons. The van der Waals surface area contributed by atoms with Crippen molar-refractivity contribution in [3.8, 4) is 11.3 Å². The first-order chi connectivity index (χ1) is 11.3. The molecule has 0 aliphatic rings. The van der Waals surface area contributed by atoms with Gasteiger partial charge < -0.3 is 4.98 Å². The lowest BCUT2D eigenvalue weighted by atomic mass is 10.2. The van der Waals surface area contributed by atoms with Crippen LogP contribution in [0.3, 0.4) is 0 Å². The summed E-state index contributed by atoms with van der Waals surface area (Å²) >= 11 is 4.99. The maximum absolute atomic E-state index is 4.58. The van der Waals surface area contributed by atoms with E-state index in [-0.39, 0.29) is 0 Å². The van der Waals surface area contributed by atoms with Crippen LogP contribution in [0, 0.1) is 0 Å². The normalized spacial score (nSPS) is 11.5. The number of para-hydroxylation sites is 1. The van der Waals surface area contributed by atoms with E-state index >= 15 is 0 Å². The van der Waals surface area contributed by atoms with Crippen molar-refractivity contribution in [2.75, 3.05) is 0 Å². The van der Waals surface area contributed by atoms with E-state index in [9.17, 15) is 0 Å². The smallest absolute Gasteiger partial charge is 0.209 e. The summed E-state index contributed by atoms with van der Waals surface area (Å²) in [5.41, 5.74) is 4.23. The fourth-order valence-corrected chi connectivity index (χ4v) is 3.34. The van der Waals surface area contributed by atoms with Gasteiger partial charge in [-0.2, -0.15) is 0 Å². The highest BCUT2D eigenvalue weighted by Crippen LogP contribution is 2.28. The topological polar surface area (TPSA) is 41.0 Å². The molecule has 0 atom stereocenters. The minimum atomic E-state index is 0.758. The Morgan fingerprint density at radius 3 is 2.78 bits per heavy atom. The van der Waals surface area contributed by atoms with Crippen molar-refractivity contribution in [3.05, 3.63) is 70.1 Å². The van der Waals surface area contributed by atoms with Crippen molar-refractivity contribution in [2.45, 2.75) is 0 Å². The molecule has 0 fully saturated rings. The van der Waals surface area contributed by atoms with Gasteiger partial charge in [0, 0.05) is 44.3 Å². The van der Waals surface area contributed by atoms with E-state index in [4.69, 9.17) is 0 Å². The Morgan fingerprint density at radius 1 is 1.09 bits per heavy atom. The summed E-state index contributed by atoms with van der Waals surface area (Å²) in [6.07, 6.45) is 3.83. The third-order valence-corrected chi connectivity index (χ3v) is 4.84. The lowest BCUT2D eigenvalue weighted by molar-refractivity contribution is 1.36. The molecule has 23 heavy (non-hydrogen) atoms. The summed E-state index contributed by atoms with van der Waals surface area (Å²) < 4.78 is 1.06. The van der Waals surface area contributed by atoms with Gasteiger partial charge in [-0.25, -0.2) is 9.98 Å². The number of halogens is 1. The van der Waals surface area contributed by atoms with Crippen molar-refractivity contribution >= 4 is 49.5 Å². The van der Waals surface area contributed by atoms with Gasteiger partial charge in [0.2, 0.25) is 5.13 Å². The molecular weight excluding hydrogens is 370 g/mol. The predicted octanol–water partition coefficient (Wildman–Crippen LogP) is 5.80. The molecule has 0 bridgehead atoms. The number of hydrogen-bond acceptors (Lipinski definition) is 3. The lowest BCUT2D eigenvalue weighted by Gasteiger charge is -1.95. The lowest BCUT2D eigenvalue weighted by Crippen LogP contribution is -1.78. The summed E-state index contributed by atoms with van der Waals surface area (Å²) in [5.74, 6) is 0. The number of rotatable bonds is 3. The molecule has 2 aromatic carbocycles. The Kier molecular flexibility index (Phi) is 3.81. The Bertz CT molecular complexity index is 983. The van der Waals surface area contributed by atoms with Gasteiger partial charge in [-0.15, -0.1) is 11.3 Å². The number of H-pyrrole nitrogens is 1. The van der Waals surface area contributed by atoms with Crippen LogP contribution in [0.25, 0.3) is 22.2 Å². The average molecular weight is 382 g/mol. The maximum Gasteiger partial charge on any atom is 0.209 e. The first-order valence-electron chi connectivity index (χ1n) is 7.11. The van der Waals surface area contributed by atoms with Crippen LogP contribution >= 0.6 is 27.3 Å². The second kappa shape index (κ2) is 6.10. The molecule has 0 saturated carbocycles. The molecule has 4 rings (SSSR count). The van der Waals surface area contributed by atoms with Crippen molar-refractivity contribution in [2.24, 2.45) is 4.99 Å². The van der Waals surface area contributed by atoms with E-state index in [2.05, 4.69) is 43.0 Å². The van der Waals surface area contributed by atoms with Gasteiger partial charge in [-0.3, -0.25) is 0 Å². The van der Waals surface area contributed by atoms with E-state index in [0.29, 0.717) is 0 Å². The number of benzene rings is 2. The highest BCUT2D eigenvalue weighted by Gasteiger charge is 2.04. The summed E-state index contributed by atoms with van der Waals surface area (Å²) in [4.78, 5) is 12.3. The van der Waals surface area contributed by atoms with Gasteiger partial charge in [0.15, 0.2) is 0 Å². The summed E-state index contributed by atoms with van der Waals surface area (Å²) in [5, 5.41) is 3.96. The van der Waals surface area contributed by atoms with Crippen LogP contribution in [-0.4, -0.2) is 16.2 Å². The van der Waals surface area contributed by atoms with Crippen molar-refractivity contribution < 1.29 is 0 Å². The molecule has 1 N–H and O–H groups in total. The molecule has 4 aromatic rings. The van der Waals surface area contributed by atoms with Gasteiger partial charge in [-0.05, 0) is 18.2 Å². The molecule has 0 radical (unpaired) electrons. The van der Waals surface area contributed by atoms with E-state index in [1.54, 1.807) is 11.3 Å². The number of aromatic amines is 1. The fraction of sp³-hybridized carbons (Fsp3) is 0. The van der Waals surface area contributed by atoms with Crippen molar-refractivity contribution in [1.82, 2.24) is 9.97 Å². The van der Waals surface area contributed by atoms with Gasteiger partial charge in [0.05, 0.1) is 5.69 Å². The SMILES string of the molecule is Brc1ccc(-c2csc(/N=C/c3c[nH]c4ccccc34)n2)cc1. The Morgan fingerprint density at radius 2 is 1.91 bits per heavy atom. The monoisotopic (exact) mass is 381 g/mol. The third kappa shape index (κ3) is 2.98. The minimum absolute atomic E-state index is 0.758. The van der Waals surface area contributed by atoms with E-state index < -0.39 is 0 Å². The quantitative estimate of drug-likeness (QED) is 0.447. The third-order valence-electron chi connectivity index (χ3n) is 3.57. The molecule has 5 heteroatoms. The Labute approximate surface area is 145 Å². The van der Waals surface area contributed by atoms with Gasteiger partial charge in [0.1, 0.15) is 0 Å². The van der Waals surface area contributed by atoms with E-state index in [0.717, 1.165) is 31.9 Å². The number of hydrogen-bond donors (Lipinski definition) is 1. The van der Waals surface area contributed by atoms with Gasteiger partial charge >= 0.3 is 0 Å². The zero-order valence-corrected chi connectivity index (χ0v) is 14.4. The fourth-order valence-electron chi connectivity index (χ4n) is 2.40. The van der Waals surface area contributed by atoms with Crippen LogP contribution in [0.5, 0.6) is 0 Å². The molecule has 0 amide bonds. The zero-order chi connectivity index (χ0) is 15.6. The van der Waals surface area contributed by atoms with Crippen LogP contribution in [0.1, 0.15) is 5.56 Å². The molecule has 0 aliphatic heterocycles. The van der Waals surface area contributed by atoms with Crippen LogP contribution < -0.4 is 0 Å². The number of aromatic nitrogens is 2. The van der Waals surface area contributed by atoms with E-state index in [1.807, 2.05) is 54.2 Å². The number of fused-ring (bicyclic) bond motifs is 1. The highest BCUT2D eigenvalue weighted by atomic mass is 79.9. The first-order valence-corrected chi connectivity index (χ1v) is 8.78. The summed E-state index contributed by atoms with van der Waals surface area (Å²) in [6, 6.07) is 16.3. The number of nitrogens with zero attached hydrogens (tertiary/aromatic N) is 2. The standard InChI is InChI=1S/C18H12BrN3S/c19-14-7-5-12(6-8-14)17-11-23-18(22-17)21-10-13-9-20-16-4-2-1-3-15(13)16/h1-11,20H/b21-10+. The average Bonchev–Trinajstić information content (AvgIpc) is 3.20. The second-order valence-electron chi connectivity index (χ2n) is 5.07. The van der Waals surface area contributed by atoms with Crippen LogP contribution in [0.15, 0.2) is 69.6 Å². The maximum atomic E-state index is 4.58. The predicted molar refractivity (Wildman–Crippen MR) is 101 cm³/mol. The molecule has 2 aromatic heterocycles. The van der Waals surface area contributed by atoms with Gasteiger partial charge in [-0.1, -0.05) is 46.3 Å².